The quantitative estimate of drug-likeness (QED) is 0.289. The number of carbonyl (C=O) groups excluding carboxylic acids is 3. The summed E-state index contributed by atoms with van der Waals surface area (Å²) in [5.74, 6) is -0.822. The van der Waals surface area contributed by atoms with Gasteiger partial charge in [-0.3, -0.25) is 9.59 Å². The van der Waals surface area contributed by atoms with E-state index in [9.17, 15) is 19.6 Å². The number of benzene rings is 3. The lowest BCUT2D eigenvalue weighted by atomic mass is 10.2. The fourth-order valence-corrected chi connectivity index (χ4v) is 3.57. The number of hydrogen-bond acceptors (Lipinski definition) is 9. The largest absolute Gasteiger partial charge is 0.497 e. The molecule has 0 saturated carbocycles. The maximum atomic E-state index is 12.5. The SMILES string of the molecule is COc1ccc(NC(=O)COc2ccc(C(=O)OCC(=O)Nc3c(C#N)oc4ccccc34)cc2OC)cc1. The predicted octanol–water partition coefficient (Wildman–Crippen LogP) is 4.13. The first-order valence-electron chi connectivity index (χ1n) is 11.5. The molecule has 11 nitrogen and oxygen atoms in total. The topological polar surface area (TPSA) is 149 Å². The van der Waals surface area contributed by atoms with Gasteiger partial charge in [0, 0.05) is 11.1 Å². The van der Waals surface area contributed by atoms with Crippen LogP contribution in [0.25, 0.3) is 11.0 Å². The fourth-order valence-electron chi connectivity index (χ4n) is 3.57. The Balaban J connectivity index is 1.32. The number of hydrogen-bond donors (Lipinski definition) is 2. The van der Waals surface area contributed by atoms with Crippen molar-refractivity contribution in [1.82, 2.24) is 0 Å². The zero-order valence-electron chi connectivity index (χ0n) is 21.0. The van der Waals surface area contributed by atoms with Gasteiger partial charge in [-0.25, -0.2) is 4.79 Å². The van der Waals surface area contributed by atoms with E-state index in [0.29, 0.717) is 22.4 Å². The molecule has 4 rings (SSSR count). The van der Waals surface area contributed by atoms with Crippen molar-refractivity contribution in [1.29, 1.82) is 5.26 Å². The summed E-state index contributed by atoms with van der Waals surface area (Å²) < 4.78 is 26.4. The minimum absolute atomic E-state index is 0.0612. The number of para-hydroxylation sites is 1. The molecule has 0 fully saturated rings. The molecule has 0 saturated heterocycles. The summed E-state index contributed by atoms with van der Waals surface area (Å²) in [7, 11) is 2.93. The molecule has 1 heterocycles. The lowest BCUT2D eigenvalue weighted by Gasteiger charge is -2.12. The molecule has 1 aromatic heterocycles. The first kappa shape index (κ1) is 26.6. The van der Waals surface area contributed by atoms with Gasteiger partial charge in [-0.1, -0.05) is 12.1 Å². The zero-order valence-corrected chi connectivity index (χ0v) is 21.0. The van der Waals surface area contributed by atoms with Crippen LogP contribution in [-0.4, -0.2) is 45.2 Å². The van der Waals surface area contributed by atoms with E-state index in [2.05, 4.69) is 10.6 Å². The van der Waals surface area contributed by atoms with Gasteiger partial charge >= 0.3 is 5.97 Å². The average Bonchev–Trinajstić information content (AvgIpc) is 3.32. The number of esters is 1. The van der Waals surface area contributed by atoms with Crippen LogP contribution in [0.2, 0.25) is 0 Å². The Bertz CT molecular complexity index is 1550. The molecule has 0 atom stereocenters. The van der Waals surface area contributed by atoms with Gasteiger partial charge in [0.25, 0.3) is 11.8 Å². The molecular formula is C28H23N3O8. The van der Waals surface area contributed by atoms with Crippen LogP contribution in [0, 0.1) is 11.3 Å². The molecule has 4 aromatic rings. The van der Waals surface area contributed by atoms with Crippen molar-refractivity contribution in [3.63, 3.8) is 0 Å². The highest BCUT2D eigenvalue weighted by Crippen LogP contribution is 2.31. The third-order valence-electron chi connectivity index (χ3n) is 5.43. The Kier molecular flexibility index (Phi) is 8.28. The third kappa shape index (κ3) is 6.44. The zero-order chi connectivity index (χ0) is 27.8. The molecule has 0 radical (unpaired) electrons. The molecule has 11 heteroatoms. The first-order chi connectivity index (χ1) is 18.9. The van der Waals surface area contributed by atoms with Crippen molar-refractivity contribution in [2.45, 2.75) is 0 Å². The van der Waals surface area contributed by atoms with Crippen LogP contribution in [-0.2, 0) is 14.3 Å². The van der Waals surface area contributed by atoms with Crippen molar-refractivity contribution < 1.29 is 37.7 Å². The van der Waals surface area contributed by atoms with E-state index in [4.69, 9.17) is 23.4 Å². The second-order valence-corrected chi connectivity index (χ2v) is 7.97. The van der Waals surface area contributed by atoms with Crippen LogP contribution in [0.15, 0.2) is 71.1 Å². The maximum absolute atomic E-state index is 12.5. The summed E-state index contributed by atoms with van der Waals surface area (Å²) in [6.45, 7) is -0.908. The van der Waals surface area contributed by atoms with Gasteiger partial charge in [-0.15, -0.1) is 0 Å². The third-order valence-corrected chi connectivity index (χ3v) is 5.43. The minimum Gasteiger partial charge on any atom is -0.497 e. The maximum Gasteiger partial charge on any atom is 0.338 e. The van der Waals surface area contributed by atoms with E-state index in [0.717, 1.165) is 0 Å². The Hall–Kier alpha value is -5.50. The lowest BCUT2D eigenvalue weighted by Crippen LogP contribution is -2.21. The van der Waals surface area contributed by atoms with Crippen molar-refractivity contribution in [3.8, 4) is 23.3 Å². The molecule has 3 aromatic carbocycles. The monoisotopic (exact) mass is 529 g/mol. The number of ether oxygens (including phenoxy) is 4. The Labute approximate surface area is 222 Å². The van der Waals surface area contributed by atoms with E-state index in [1.54, 1.807) is 55.6 Å². The normalized spacial score (nSPS) is 10.3. The van der Waals surface area contributed by atoms with Gasteiger partial charge in [-0.05, 0) is 54.6 Å². The molecule has 2 N–H and O–H groups in total. The van der Waals surface area contributed by atoms with Gasteiger partial charge < -0.3 is 34.0 Å². The van der Waals surface area contributed by atoms with E-state index in [1.807, 2.05) is 6.07 Å². The number of fused-ring (bicyclic) bond motifs is 1. The predicted molar refractivity (Wildman–Crippen MR) is 140 cm³/mol. The number of nitrogens with one attached hydrogen (secondary N) is 2. The molecule has 0 unspecified atom stereocenters. The highest BCUT2D eigenvalue weighted by molar-refractivity contribution is 6.04. The molecule has 2 amide bonds. The number of nitriles is 1. The molecular weight excluding hydrogens is 506 g/mol. The van der Waals surface area contributed by atoms with E-state index in [1.165, 1.54) is 25.3 Å². The summed E-state index contributed by atoms with van der Waals surface area (Å²) in [6.07, 6.45) is 0. The lowest BCUT2D eigenvalue weighted by molar-refractivity contribution is -0.119. The standard InChI is InChI=1S/C28H23N3O8/c1-35-19-10-8-18(9-11-19)30-25(32)15-37-22-12-7-17(13-23(22)36-2)28(34)38-16-26(33)31-27-20-5-3-4-6-21(20)39-24(27)14-29/h3-13H,15-16H2,1-2H3,(H,30,32)(H,31,33). The van der Waals surface area contributed by atoms with Gasteiger partial charge in [0.15, 0.2) is 24.7 Å². The van der Waals surface area contributed by atoms with Gasteiger partial charge in [0.2, 0.25) is 5.76 Å². The molecule has 0 aliphatic heterocycles. The van der Waals surface area contributed by atoms with Crippen LogP contribution in [0.4, 0.5) is 11.4 Å². The van der Waals surface area contributed by atoms with E-state index >= 15 is 0 Å². The van der Waals surface area contributed by atoms with E-state index in [-0.39, 0.29) is 35.1 Å². The number of carbonyl (C=O) groups is 3. The number of furan rings is 1. The van der Waals surface area contributed by atoms with Gasteiger partial charge in [0.1, 0.15) is 23.1 Å². The van der Waals surface area contributed by atoms with Crippen molar-refractivity contribution >= 4 is 40.1 Å². The Morgan fingerprint density at radius 3 is 2.33 bits per heavy atom. The van der Waals surface area contributed by atoms with Crippen molar-refractivity contribution in [2.75, 3.05) is 38.1 Å². The highest BCUT2D eigenvalue weighted by atomic mass is 16.5. The second kappa shape index (κ2) is 12.2. The second-order valence-electron chi connectivity index (χ2n) is 7.97. The van der Waals surface area contributed by atoms with Crippen LogP contribution >= 0.6 is 0 Å². The Morgan fingerprint density at radius 2 is 1.62 bits per heavy atom. The molecule has 0 aliphatic rings. The van der Waals surface area contributed by atoms with Crippen molar-refractivity contribution in [2.24, 2.45) is 0 Å². The van der Waals surface area contributed by atoms with E-state index < -0.39 is 24.4 Å². The molecule has 0 bridgehead atoms. The van der Waals surface area contributed by atoms with Crippen LogP contribution in [0.3, 0.4) is 0 Å². The first-order valence-corrected chi connectivity index (χ1v) is 11.5. The summed E-state index contributed by atoms with van der Waals surface area (Å²) in [4.78, 5) is 37.2. The molecule has 39 heavy (non-hydrogen) atoms. The summed E-state index contributed by atoms with van der Waals surface area (Å²) in [5.41, 5.74) is 1.31. The number of nitrogens with zero attached hydrogens (tertiary/aromatic N) is 1. The number of methoxy groups -OCH3 is 2. The molecule has 0 aliphatic carbocycles. The average molecular weight is 530 g/mol. The number of rotatable bonds is 10. The summed E-state index contributed by atoms with van der Waals surface area (Å²) >= 11 is 0. The fraction of sp³-hybridized carbons (Fsp3) is 0.143. The Morgan fingerprint density at radius 1 is 0.872 bits per heavy atom. The van der Waals surface area contributed by atoms with Crippen LogP contribution < -0.4 is 24.8 Å². The summed E-state index contributed by atoms with van der Waals surface area (Å²) in [5, 5.41) is 15.1. The van der Waals surface area contributed by atoms with Crippen molar-refractivity contribution in [3.05, 3.63) is 78.1 Å². The summed E-state index contributed by atoms with van der Waals surface area (Å²) in [6, 6.07) is 19.8. The smallest absolute Gasteiger partial charge is 0.338 e. The van der Waals surface area contributed by atoms with Gasteiger partial charge in [-0.2, -0.15) is 5.26 Å². The minimum atomic E-state index is -0.787. The molecule has 0 spiro atoms. The van der Waals surface area contributed by atoms with Crippen LogP contribution in [0.1, 0.15) is 16.1 Å². The number of amides is 2. The number of anilines is 2. The highest BCUT2D eigenvalue weighted by Gasteiger charge is 2.18. The van der Waals surface area contributed by atoms with Gasteiger partial charge in [0.05, 0.1) is 19.8 Å². The van der Waals surface area contributed by atoms with Crippen LogP contribution in [0.5, 0.6) is 17.2 Å². The molecule has 198 valence electrons.